The molecular formula is C20H22ClN3O4. The highest BCUT2D eigenvalue weighted by Crippen LogP contribution is 2.34. The van der Waals surface area contributed by atoms with Crippen molar-refractivity contribution in [3.8, 4) is 11.5 Å². The number of hydrogen-bond acceptors (Lipinski definition) is 5. The number of nitrogens with one attached hydrogen (secondary N) is 2. The number of benzene rings is 2. The number of carbonyl (C=O) groups excluding carboxylic acids is 2. The van der Waals surface area contributed by atoms with Gasteiger partial charge < -0.3 is 15.2 Å². The largest absolute Gasteiger partial charge is 0.503 e. The van der Waals surface area contributed by atoms with E-state index >= 15 is 0 Å². The summed E-state index contributed by atoms with van der Waals surface area (Å²) in [6.07, 6.45) is 1.41. The van der Waals surface area contributed by atoms with Gasteiger partial charge in [0.25, 0.3) is 0 Å². The van der Waals surface area contributed by atoms with Crippen LogP contribution >= 0.6 is 11.6 Å². The zero-order valence-electron chi connectivity index (χ0n) is 15.7. The monoisotopic (exact) mass is 403 g/mol. The van der Waals surface area contributed by atoms with E-state index in [1.54, 1.807) is 25.1 Å². The molecule has 148 valence electrons. The van der Waals surface area contributed by atoms with E-state index in [4.69, 9.17) is 16.3 Å². The van der Waals surface area contributed by atoms with E-state index < -0.39 is 5.91 Å². The van der Waals surface area contributed by atoms with Crippen molar-refractivity contribution in [3.63, 3.8) is 0 Å². The maximum atomic E-state index is 11.9. The van der Waals surface area contributed by atoms with Gasteiger partial charge in [-0.05, 0) is 43.7 Å². The SMILES string of the molecule is CCOc1cc(/C=N/NC(=O)CCC(=O)Nc2ccc(C)cc2)cc(Cl)c1O. The Bertz CT molecular complexity index is 866. The van der Waals surface area contributed by atoms with E-state index in [0.717, 1.165) is 5.56 Å². The Morgan fingerprint density at radius 3 is 2.54 bits per heavy atom. The number of phenolic OH excluding ortho intramolecular Hbond substituents is 1. The smallest absolute Gasteiger partial charge is 0.240 e. The summed E-state index contributed by atoms with van der Waals surface area (Å²) in [4.78, 5) is 23.7. The number of rotatable bonds is 8. The Morgan fingerprint density at radius 1 is 1.18 bits per heavy atom. The maximum absolute atomic E-state index is 11.9. The normalized spacial score (nSPS) is 10.7. The van der Waals surface area contributed by atoms with Crippen LogP contribution in [0.15, 0.2) is 41.5 Å². The fourth-order valence-electron chi connectivity index (χ4n) is 2.26. The molecule has 0 unspecified atom stereocenters. The van der Waals surface area contributed by atoms with Crippen molar-refractivity contribution in [3.05, 3.63) is 52.5 Å². The molecule has 3 N–H and O–H groups in total. The van der Waals surface area contributed by atoms with Crippen LogP contribution in [0.2, 0.25) is 5.02 Å². The average Bonchev–Trinajstić information content (AvgIpc) is 2.66. The van der Waals surface area contributed by atoms with Crippen LogP contribution in [-0.2, 0) is 9.59 Å². The first-order chi connectivity index (χ1) is 13.4. The standard InChI is InChI=1S/C20H22ClN3O4/c1-3-28-17-11-14(10-16(21)20(17)27)12-22-24-19(26)9-8-18(25)23-15-6-4-13(2)5-7-15/h4-7,10-12,27H,3,8-9H2,1-2H3,(H,23,25)(H,24,26)/b22-12+. The molecule has 0 aliphatic heterocycles. The van der Waals surface area contributed by atoms with Crippen LogP contribution in [0.4, 0.5) is 5.69 Å². The van der Waals surface area contributed by atoms with E-state index in [1.807, 2.05) is 19.1 Å². The lowest BCUT2D eigenvalue weighted by atomic mass is 10.2. The molecule has 2 aromatic carbocycles. The molecule has 7 nitrogen and oxygen atoms in total. The number of hydrazone groups is 1. The van der Waals surface area contributed by atoms with E-state index in [0.29, 0.717) is 17.9 Å². The Hall–Kier alpha value is -3.06. The number of carbonyl (C=O) groups is 2. The van der Waals surface area contributed by atoms with Crippen LogP contribution in [0.3, 0.4) is 0 Å². The summed E-state index contributed by atoms with van der Waals surface area (Å²) in [5, 5.41) is 16.5. The summed E-state index contributed by atoms with van der Waals surface area (Å²) < 4.78 is 5.28. The van der Waals surface area contributed by atoms with E-state index in [-0.39, 0.29) is 35.3 Å². The van der Waals surface area contributed by atoms with Crippen LogP contribution in [0, 0.1) is 6.92 Å². The van der Waals surface area contributed by atoms with Crippen molar-refractivity contribution >= 4 is 35.3 Å². The number of ether oxygens (including phenoxy) is 1. The van der Waals surface area contributed by atoms with Crippen molar-refractivity contribution in [2.24, 2.45) is 5.10 Å². The predicted octanol–water partition coefficient (Wildman–Crippen LogP) is 3.62. The summed E-state index contributed by atoms with van der Waals surface area (Å²) in [5.74, 6) is -0.570. The van der Waals surface area contributed by atoms with Gasteiger partial charge in [-0.15, -0.1) is 0 Å². The first-order valence-corrected chi connectivity index (χ1v) is 9.10. The molecule has 0 saturated heterocycles. The molecule has 0 aliphatic carbocycles. The van der Waals surface area contributed by atoms with Crippen LogP contribution in [0.25, 0.3) is 0 Å². The van der Waals surface area contributed by atoms with Gasteiger partial charge in [0.2, 0.25) is 11.8 Å². The number of nitrogens with zero attached hydrogens (tertiary/aromatic N) is 1. The van der Waals surface area contributed by atoms with Crippen molar-refractivity contribution < 1.29 is 19.4 Å². The van der Waals surface area contributed by atoms with Gasteiger partial charge >= 0.3 is 0 Å². The van der Waals surface area contributed by atoms with Crippen molar-refractivity contribution in [1.29, 1.82) is 0 Å². The Labute approximate surface area is 168 Å². The first-order valence-electron chi connectivity index (χ1n) is 8.72. The van der Waals surface area contributed by atoms with Crippen molar-refractivity contribution in [1.82, 2.24) is 5.43 Å². The Balaban J connectivity index is 1.81. The first kappa shape index (κ1) is 21.2. The molecule has 0 fully saturated rings. The molecule has 0 aliphatic rings. The third-order valence-corrected chi connectivity index (χ3v) is 3.96. The second-order valence-corrected chi connectivity index (χ2v) is 6.40. The van der Waals surface area contributed by atoms with Gasteiger partial charge in [-0.25, -0.2) is 5.43 Å². The molecule has 0 spiro atoms. The minimum atomic E-state index is -0.398. The zero-order chi connectivity index (χ0) is 20.5. The number of aromatic hydroxyl groups is 1. The van der Waals surface area contributed by atoms with Crippen molar-refractivity contribution in [2.75, 3.05) is 11.9 Å². The molecule has 2 amide bonds. The van der Waals surface area contributed by atoms with Gasteiger partial charge in [0.05, 0.1) is 17.8 Å². The predicted molar refractivity (Wildman–Crippen MR) is 109 cm³/mol. The molecule has 8 heteroatoms. The minimum absolute atomic E-state index is 0.00440. The third kappa shape index (κ3) is 6.59. The summed E-state index contributed by atoms with van der Waals surface area (Å²) in [6, 6.07) is 10.4. The Kier molecular flexibility index (Phi) is 7.83. The minimum Gasteiger partial charge on any atom is -0.503 e. The third-order valence-electron chi connectivity index (χ3n) is 3.67. The number of phenols is 1. The lowest BCUT2D eigenvalue weighted by molar-refractivity contribution is -0.124. The number of halogens is 1. The second kappa shape index (κ2) is 10.3. The summed E-state index contributed by atoms with van der Waals surface area (Å²) >= 11 is 5.93. The number of hydrogen-bond donors (Lipinski definition) is 3. The average molecular weight is 404 g/mol. The zero-order valence-corrected chi connectivity index (χ0v) is 16.4. The van der Waals surface area contributed by atoms with E-state index in [1.165, 1.54) is 12.3 Å². The van der Waals surface area contributed by atoms with E-state index in [9.17, 15) is 14.7 Å². The second-order valence-electron chi connectivity index (χ2n) is 5.99. The lowest BCUT2D eigenvalue weighted by Crippen LogP contribution is -2.20. The van der Waals surface area contributed by atoms with Crippen LogP contribution < -0.4 is 15.5 Å². The fraction of sp³-hybridized carbons (Fsp3) is 0.250. The van der Waals surface area contributed by atoms with Gasteiger partial charge in [-0.2, -0.15) is 5.10 Å². The molecule has 0 heterocycles. The number of anilines is 1. The van der Waals surface area contributed by atoms with Crippen molar-refractivity contribution in [2.45, 2.75) is 26.7 Å². The molecule has 0 atom stereocenters. The summed E-state index contributed by atoms with van der Waals surface area (Å²) in [7, 11) is 0. The highest BCUT2D eigenvalue weighted by Gasteiger charge is 2.09. The summed E-state index contributed by atoms with van der Waals surface area (Å²) in [5.41, 5.74) is 4.67. The molecule has 0 saturated carbocycles. The quantitative estimate of drug-likeness (QED) is 0.463. The molecule has 28 heavy (non-hydrogen) atoms. The highest BCUT2D eigenvalue weighted by molar-refractivity contribution is 6.32. The Morgan fingerprint density at radius 2 is 1.86 bits per heavy atom. The fourth-order valence-corrected chi connectivity index (χ4v) is 2.48. The van der Waals surface area contributed by atoms with Gasteiger partial charge in [-0.3, -0.25) is 9.59 Å². The lowest BCUT2D eigenvalue weighted by Gasteiger charge is -2.08. The van der Waals surface area contributed by atoms with E-state index in [2.05, 4.69) is 15.8 Å². The molecule has 0 aromatic heterocycles. The number of aryl methyl sites for hydroxylation is 1. The summed E-state index contributed by atoms with van der Waals surface area (Å²) in [6.45, 7) is 4.11. The molecule has 2 rings (SSSR count). The van der Waals surface area contributed by atoms with Crippen LogP contribution in [-0.4, -0.2) is 29.7 Å². The maximum Gasteiger partial charge on any atom is 0.240 e. The van der Waals surface area contributed by atoms with Gasteiger partial charge in [0, 0.05) is 18.5 Å². The molecule has 0 bridgehead atoms. The number of amides is 2. The van der Waals surface area contributed by atoms with Gasteiger partial charge in [-0.1, -0.05) is 29.3 Å². The molecule has 0 radical (unpaired) electrons. The van der Waals surface area contributed by atoms with Crippen LogP contribution in [0.1, 0.15) is 30.9 Å². The molecule has 2 aromatic rings. The highest BCUT2D eigenvalue weighted by atomic mass is 35.5. The van der Waals surface area contributed by atoms with Crippen LogP contribution in [0.5, 0.6) is 11.5 Å². The topological polar surface area (TPSA) is 100 Å². The van der Waals surface area contributed by atoms with Gasteiger partial charge in [0.1, 0.15) is 0 Å². The van der Waals surface area contributed by atoms with Gasteiger partial charge in [0.15, 0.2) is 11.5 Å². The molecular weight excluding hydrogens is 382 g/mol.